The van der Waals surface area contributed by atoms with Gasteiger partial charge in [0.15, 0.2) is 5.96 Å². The summed E-state index contributed by atoms with van der Waals surface area (Å²) < 4.78 is 41.0. The van der Waals surface area contributed by atoms with Crippen molar-refractivity contribution in [2.75, 3.05) is 40.5 Å². The van der Waals surface area contributed by atoms with Crippen LogP contribution in [0, 0.1) is 0 Å². The molecule has 2 aromatic carbocycles. The number of carbonyl (C=O) groups is 2. The lowest BCUT2D eigenvalue weighted by Crippen LogP contribution is -2.23. The number of nitrogens with two attached hydrogens (primary N) is 4. The van der Waals surface area contributed by atoms with Crippen molar-refractivity contribution in [1.82, 2.24) is 0 Å². The second-order valence-corrected chi connectivity index (χ2v) is 9.29. The summed E-state index contributed by atoms with van der Waals surface area (Å²) in [7, 11) is 0. The van der Waals surface area contributed by atoms with Crippen LogP contribution >= 0.6 is 24.4 Å². The second-order valence-electron chi connectivity index (χ2n) is 7.70. The Balaban J connectivity index is 2.30. The summed E-state index contributed by atoms with van der Waals surface area (Å²) in [5, 5.41) is 7.49. The number of nitrogen functional groups attached to an aromatic ring is 1. The molecule has 0 aliphatic carbocycles. The molecule has 10 nitrogen and oxygen atoms in total. The number of amides is 3. The van der Waals surface area contributed by atoms with Gasteiger partial charge in [-0.3, -0.25) is 9.79 Å². The first-order chi connectivity index (χ1) is 17.4. The minimum atomic E-state index is -4.73. The van der Waals surface area contributed by atoms with Crippen molar-refractivity contribution in [2.24, 2.45) is 22.2 Å². The third-order valence-electron chi connectivity index (χ3n) is 4.70. The molecular weight excluding hydrogens is 529 g/mol. The van der Waals surface area contributed by atoms with Gasteiger partial charge in [0.05, 0.1) is 21.8 Å². The highest BCUT2D eigenvalue weighted by Crippen LogP contribution is 2.41. The average Bonchev–Trinajstić information content (AvgIpc) is 2.79. The third kappa shape index (κ3) is 9.93. The van der Waals surface area contributed by atoms with Crippen LogP contribution in [0.15, 0.2) is 45.1 Å². The van der Waals surface area contributed by atoms with Crippen molar-refractivity contribution >= 4 is 65.0 Å². The quantitative estimate of drug-likeness (QED) is 0.0516. The Hall–Kier alpha value is -3.30. The van der Waals surface area contributed by atoms with Gasteiger partial charge in [-0.1, -0.05) is 0 Å². The van der Waals surface area contributed by atoms with Gasteiger partial charge in [-0.25, -0.2) is 4.79 Å². The largest absolute Gasteiger partial charge is 0.416 e. The van der Waals surface area contributed by atoms with Crippen LogP contribution in [0.1, 0.15) is 24.8 Å². The molecular formula is C22H29F3N8O2S2. The fourth-order valence-electron chi connectivity index (χ4n) is 3.02. The Morgan fingerprint density at radius 1 is 1.03 bits per heavy atom. The number of urea groups is 1. The molecule has 37 heavy (non-hydrogen) atoms. The SMILES string of the molecule is NCCSc1c(NC(=O)CCCCN=C(N)N)cc(C(F)(F)F)cc1NC(=O)Nc1ccc(N)c(S)c1. The highest BCUT2D eigenvalue weighted by Gasteiger charge is 2.33. The highest BCUT2D eigenvalue weighted by molar-refractivity contribution is 7.99. The molecule has 2 aromatic rings. The van der Waals surface area contributed by atoms with Gasteiger partial charge < -0.3 is 38.9 Å². The zero-order valence-corrected chi connectivity index (χ0v) is 21.4. The van der Waals surface area contributed by atoms with Crippen molar-refractivity contribution in [3.63, 3.8) is 0 Å². The molecule has 0 fully saturated rings. The number of thiol groups is 1. The molecule has 0 aliphatic rings. The van der Waals surface area contributed by atoms with Crippen molar-refractivity contribution < 1.29 is 22.8 Å². The van der Waals surface area contributed by atoms with Crippen LogP contribution in [0.3, 0.4) is 0 Å². The van der Waals surface area contributed by atoms with Crippen LogP contribution in [0.25, 0.3) is 0 Å². The molecule has 11 N–H and O–H groups in total. The zero-order chi connectivity index (χ0) is 27.6. The molecule has 3 amide bonds. The van der Waals surface area contributed by atoms with Crippen LogP contribution in [0.2, 0.25) is 0 Å². The lowest BCUT2D eigenvalue weighted by atomic mass is 10.1. The topological polar surface area (TPSA) is 187 Å². The van der Waals surface area contributed by atoms with Crippen LogP contribution in [0.5, 0.6) is 0 Å². The van der Waals surface area contributed by atoms with E-state index in [1.54, 1.807) is 0 Å². The van der Waals surface area contributed by atoms with Gasteiger partial charge in [0.25, 0.3) is 0 Å². The molecule has 202 valence electrons. The summed E-state index contributed by atoms with van der Waals surface area (Å²) in [5.41, 5.74) is 21.2. The van der Waals surface area contributed by atoms with Gasteiger partial charge in [-0.15, -0.1) is 24.4 Å². The van der Waals surface area contributed by atoms with Gasteiger partial charge in [-0.2, -0.15) is 13.2 Å². The first-order valence-electron chi connectivity index (χ1n) is 11.0. The zero-order valence-electron chi connectivity index (χ0n) is 19.7. The predicted molar refractivity (Wildman–Crippen MR) is 145 cm³/mol. The molecule has 15 heteroatoms. The molecule has 0 bridgehead atoms. The number of benzene rings is 2. The first kappa shape index (κ1) is 29.9. The van der Waals surface area contributed by atoms with Crippen LogP contribution in [0.4, 0.5) is 40.7 Å². The van der Waals surface area contributed by atoms with Crippen molar-refractivity contribution in [3.05, 3.63) is 35.9 Å². The van der Waals surface area contributed by atoms with E-state index in [1.807, 2.05) is 0 Å². The van der Waals surface area contributed by atoms with Gasteiger partial charge in [-0.05, 0) is 43.2 Å². The minimum Gasteiger partial charge on any atom is -0.398 e. The minimum absolute atomic E-state index is 0.0314. The molecule has 2 rings (SSSR count). The number of rotatable bonds is 11. The highest BCUT2D eigenvalue weighted by atomic mass is 32.2. The van der Waals surface area contributed by atoms with Gasteiger partial charge >= 0.3 is 12.2 Å². The lowest BCUT2D eigenvalue weighted by molar-refractivity contribution is -0.137. The number of nitrogens with one attached hydrogen (secondary N) is 3. The number of hydrogen-bond acceptors (Lipinski definition) is 7. The molecule has 0 saturated heterocycles. The van der Waals surface area contributed by atoms with Crippen molar-refractivity contribution in [1.29, 1.82) is 0 Å². The maximum absolute atomic E-state index is 13.7. The normalized spacial score (nSPS) is 11.1. The van der Waals surface area contributed by atoms with E-state index in [2.05, 4.69) is 33.6 Å². The van der Waals surface area contributed by atoms with Crippen molar-refractivity contribution in [2.45, 2.75) is 35.2 Å². The van der Waals surface area contributed by atoms with E-state index in [1.165, 1.54) is 18.2 Å². The summed E-state index contributed by atoms with van der Waals surface area (Å²) in [6, 6.07) is 5.36. The molecule has 0 saturated carbocycles. The molecule has 0 heterocycles. The predicted octanol–water partition coefficient (Wildman–Crippen LogP) is 3.65. The van der Waals surface area contributed by atoms with Crippen molar-refractivity contribution in [3.8, 4) is 0 Å². The van der Waals surface area contributed by atoms with E-state index in [9.17, 15) is 22.8 Å². The van der Waals surface area contributed by atoms with E-state index in [0.717, 1.165) is 23.9 Å². The summed E-state index contributed by atoms with van der Waals surface area (Å²) in [6.45, 7) is 0.536. The number of anilines is 4. The lowest BCUT2D eigenvalue weighted by Gasteiger charge is -2.19. The molecule has 0 unspecified atom stereocenters. The number of nitrogens with zero attached hydrogens (tertiary/aromatic N) is 1. The Morgan fingerprint density at radius 3 is 2.30 bits per heavy atom. The summed E-state index contributed by atoms with van der Waals surface area (Å²) in [5.74, 6) is -0.247. The first-order valence-corrected chi connectivity index (χ1v) is 12.4. The molecule has 0 aromatic heterocycles. The standard InChI is InChI=1S/C22H29F3N8O2S2/c23-22(24,25)12-9-15(32-18(34)3-1-2-7-30-20(28)29)19(37-8-6-26)16(10-12)33-21(35)31-13-4-5-14(27)17(36)11-13/h4-5,9-11,36H,1-3,6-8,26-27H2,(H,32,34)(H4,28,29,30)(H2,31,33,35). The smallest absolute Gasteiger partial charge is 0.398 e. The summed E-state index contributed by atoms with van der Waals surface area (Å²) in [4.78, 5) is 29.6. The Labute approximate surface area is 221 Å². The number of alkyl halides is 3. The number of guanidine groups is 1. The summed E-state index contributed by atoms with van der Waals surface area (Å²) in [6.07, 6.45) is -3.78. The van der Waals surface area contributed by atoms with E-state index in [4.69, 9.17) is 22.9 Å². The van der Waals surface area contributed by atoms with E-state index >= 15 is 0 Å². The Kier molecular flexibility index (Phi) is 11.2. The van der Waals surface area contributed by atoms with Crippen LogP contribution in [-0.4, -0.2) is 36.7 Å². The molecule has 0 aliphatic heterocycles. The van der Waals surface area contributed by atoms with Gasteiger partial charge in [0, 0.05) is 41.5 Å². The number of carbonyl (C=O) groups excluding carboxylic acids is 2. The number of thioether (sulfide) groups is 1. The molecule has 0 spiro atoms. The van der Waals surface area contributed by atoms with E-state index in [-0.39, 0.29) is 35.2 Å². The summed E-state index contributed by atoms with van der Waals surface area (Å²) >= 11 is 5.28. The van der Waals surface area contributed by atoms with E-state index < -0.39 is 23.7 Å². The monoisotopic (exact) mass is 558 g/mol. The molecule has 0 radical (unpaired) electrons. The van der Waals surface area contributed by atoms with E-state index in [0.29, 0.717) is 41.4 Å². The Morgan fingerprint density at radius 2 is 1.70 bits per heavy atom. The molecule has 0 atom stereocenters. The van der Waals surface area contributed by atoms with Gasteiger partial charge in [0.1, 0.15) is 0 Å². The second kappa shape index (κ2) is 13.9. The maximum Gasteiger partial charge on any atom is 0.416 e. The number of unbranched alkanes of at least 4 members (excludes halogenated alkanes) is 1. The fraction of sp³-hybridized carbons (Fsp3) is 0.318. The maximum atomic E-state index is 13.7. The average molecular weight is 559 g/mol. The number of hydrogen-bond donors (Lipinski definition) is 8. The van der Waals surface area contributed by atoms with Gasteiger partial charge in [0.2, 0.25) is 5.91 Å². The van der Waals surface area contributed by atoms with Crippen LogP contribution < -0.4 is 38.9 Å². The third-order valence-corrected chi connectivity index (χ3v) is 6.25. The fourth-order valence-corrected chi connectivity index (χ4v) is 4.09. The van der Waals surface area contributed by atoms with Crippen LogP contribution in [-0.2, 0) is 11.0 Å². The number of halogens is 3. The Bertz CT molecular complexity index is 1140. The number of aliphatic imine (C=N–C) groups is 1.